The summed E-state index contributed by atoms with van der Waals surface area (Å²) in [5, 5.41) is 13.5. The van der Waals surface area contributed by atoms with Crippen molar-refractivity contribution in [3.8, 4) is 0 Å². The Labute approximate surface area is 135 Å². The highest BCUT2D eigenvalue weighted by Crippen LogP contribution is 2.33. The molecule has 1 aliphatic carbocycles. The molecule has 6 heteroatoms. The summed E-state index contributed by atoms with van der Waals surface area (Å²) >= 11 is 12.0. The zero-order valence-corrected chi connectivity index (χ0v) is 13.7. The number of carbonyl (C=O) groups is 1. The molecule has 1 aliphatic rings. The van der Waals surface area contributed by atoms with Crippen molar-refractivity contribution in [2.45, 2.75) is 31.9 Å². The van der Waals surface area contributed by atoms with Gasteiger partial charge in [0.25, 0.3) is 0 Å². The van der Waals surface area contributed by atoms with Crippen molar-refractivity contribution in [1.29, 1.82) is 0 Å². The van der Waals surface area contributed by atoms with Crippen LogP contribution in [0.1, 0.15) is 19.8 Å². The molecule has 4 nitrogen and oxygen atoms in total. The highest BCUT2D eigenvalue weighted by atomic mass is 35.5. The fourth-order valence-corrected chi connectivity index (χ4v) is 2.47. The number of aliphatic hydroxyl groups is 1. The molecule has 1 amide bonds. The molecule has 2 atom stereocenters. The molecule has 0 saturated heterocycles. The van der Waals surface area contributed by atoms with Crippen LogP contribution in [0.3, 0.4) is 0 Å². The molecular weight excluding hydrogens is 311 g/mol. The van der Waals surface area contributed by atoms with Crippen LogP contribution >= 0.6 is 23.2 Å². The van der Waals surface area contributed by atoms with E-state index in [0.29, 0.717) is 28.2 Å². The van der Waals surface area contributed by atoms with Crippen LogP contribution in [0.25, 0.3) is 0 Å². The number of benzene rings is 1. The second kappa shape index (κ2) is 6.97. The van der Waals surface area contributed by atoms with E-state index in [1.165, 1.54) is 0 Å². The largest absolute Gasteiger partial charge is 0.392 e. The molecular formula is C15H20Cl2N2O2. The maximum Gasteiger partial charge on any atom is 0.241 e. The Hall–Kier alpha value is -0.810. The van der Waals surface area contributed by atoms with E-state index in [4.69, 9.17) is 23.2 Å². The average molecular weight is 331 g/mol. The van der Waals surface area contributed by atoms with Crippen LogP contribution in [0.4, 0.5) is 5.69 Å². The first-order chi connectivity index (χ1) is 9.90. The number of aliphatic hydroxyl groups excluding tert-OH is 1. The van der Waals surface area contributed by atoms with Crippen LogP contribution in [0.2, 0.25) is 10.0 Å². The summed E-state index contributed by atoms with van der Waals surface area (Å²) in [5.41, 5.74) is 0.497. The maximum atomic E-state index is 12.2. The molecule has 1 aromatic carbocycles. The van der Waals surface area contributed by atoms with E-state index in [1.807, 2.05) is 11.9 Å². The lowest BCUT2D eigenvalue weighted by Crippen LogP contribution is -2.43. The Morgan fingerprint density at radius 2 is 2.14 bits per heavy atom. The normalized spacial score (nSPS) is 17.6. The van der Waals surface area contributed by atoms with Gasteiger partial charge in [0.15, 0.2) is 0 Å². The summed E-state index contributed by atoms with van der Waals surface area (Å²) < 4.78 is 0. The first-order valence-corrected chi connectivity index (χ1v) is 7.79. The van der Waals surface area contributed by atoms with Gasteiger partial charge >= 0.3 is 0 Å². The number of rotatable bonds is 6. The van der Waals surface area contributed by atoms with E-state index in [0.717, 1.165) is 12.8 Å². The number of anilines is 1. The lowest BCUT2D eigenvalue weighted by molar-refractivity contribution is -0.120. The average Bonchev–Trinajstić information content (AvgIpc) is 3.27. The summed E-state index contributed by atoms with van der Waals surface area (Å²) in [6, 6.07) is 4.74. The Kier molecular flexibility index (Phi) is 5.49. The number of hydrogen-bond acceptors (Lipinski definition) is 3. The molecule has 2 N–H and O–H groups in total. The summed E-state index contributed by atoms with van der Waals surface area (Å²) in [4.78, 5) is 14.1. The minimum atomic E-state index is -0.367. The molecule has 0 heterocycles. The first-order valence-electron chi connectivity index (χ1n) is 7.03. The van der Waals surface area contributed by atoms with E-state index < -0.39 is 0 Å². The number of nitrogens with zero attached hydrogens (tertiary/aromatic N) is 1. The van der Waals surface area contributed by atoms with Crippen LogP contribution in [-0.2, 0) is 4.79 Å². The SMILES string of the molecule is CC(C(=O)Nc1cccc(Cl)c1Cl)N(C)CC(O)C1CC1. The molecule has 1 aromatic rings. The predicted octanol–water partition coefficient (Wildman–Crippen LogP) is 3.02. The van der Waals surface area contributed by atoms with Gasteiger partial charge in [0, 0.05) is 6.54 Å². The van der Waals surface area contributed by atoms with Crippen molar-refractivity contribution < 1.29 is 9.90 Å². The summed E-state index contributed by atoms with van der Waals surface area (Å²) in [7, 11) is 1.83. The van der Waals surface area contributed by atoms with Gasteiger partial charge in [-0.25, -0.2) is 0 Å². The molecule has 21 heavy (non-hydrogen) atoms. The fraction of sp³-hybridized carbons (Fsp3) is 0.533. The van der Waals surface area contributed by atoms with Crippen molar-refractivity contribution in [3.05, 3.63) is 28.2 Å². The lowest BCUT2D eigenvalue weighted by Gasteiger charge is -2.26. The van der Waals surface area contributed by atoms with Crippen LogP contribution in [0.15, 0.2) is 18.2 Å². The van der Waals surface area contributed by atoms with Gasteiger partial charge in [-0.1, -0.05) is 29.3 Å². The van der Waals surface area contributed by atoms with Crippen molar-refractivity contribution in [2.75, 3.05) is 18.9 Å². The van der Waals surface area contributed by atoms with Crippen LogP contribution < -0.4 is 5.32 Å². The van der Waals surface area contributed by atoms with Crippen molar-refractivity contribution in [1.82, 2.24) is 4.90 Å². The Balaban J connectivity index is 1.93. The highest BCUT2D eigenvalue weighted by Gasteiger charge is 2.32. The van der Waals surface area contributed by atoms with Gasteiger partial charge in [0.05, 0.1) is 27.9 Å². The van der Waals surface area contributed by atoms with Crippen molar-refractivity contribution >= 4 is 34.8 Å². The van der Waals surface area contributed by atoms with Crippen molar-refractivity contribution in [2.24, 2.45) is 5.92 Å². The quantitative estimate of drug-likeness (QED) is 0.842. The molecule has 0 aromatic heterocycles. The number of carbonyl (C=O) groups excluding carboxylic acids is 1. The molecule has 0 spiro atoms. The van der Waals surface area contributed by atoms with E-state index >= 15 is 0 Å². The number of halogens is 2. The van der Waals surface area contributed by atoms with Gasteiger partial charge in [-0.05, 0) is 44.9 Å². The van der Waals surface area contributed by atoms with Gasteiger partial charge in [0.2, 0.25) is 5.91 Å². The summed E-state index contributed by atoms with van der Waals surface area (Å²) in [6.07, 6.45) is 1.79. The highest BCUT2D eigenvalue weighted by molar-refractivity contribution is 6.44. The maximum absolute atomic E-state index is 12.2. The second-order valence-corrected chi connectivity index (χ2v) is 6.40. The lowest BCUT2D eigenvalue weighted by atomic mass is 10.2. The molecule has 0 bridgehead atoms. The van der Waals surface area contributed by atoms with E-state index in [-0.39, 0.29) is 18.1 Å². The Morgan fingerprint density at radius 1 is 1.48 bits per heavy atom. The number of nitrogens with one attached hydrogen (secondary N) is 1. The molecule has 2 unspecified atom stereocenters. The molecule has 116 valence electrons. The summed E-state index contributed by atoms with van der Waals surface area (Å²) in [5.74, 6) is 0.217. The van der Waals surface area contributed by atoms with Gasteiger partial charge in [-0.3, -0.25) is 9.69 Å². The predicted molar refractivity (Wildman–Crippen MR) is 85.9 cm³/mol. The van der Waals surface area contributed by atoms with Crippen molar-refractivity contribution in [3.63, 3.8) is 0 Å². The zero-order valence-electron chi connectivity index (χ0n) is 12.1. The van der Waals surface area contributed by atoms with Crippen LogP contribution in [-0.4, -0.2) is 41.7 Å². The fourth-order valence-electron chi connectivity index (χ4n) is 2.12. The monoisotopic (exact) mass is 330 g/mol. The molecule has 1 fully saturated rings. The summed E-state index contributed by atoms with van der Waals surface area (Å²) in [6.45, 7) is 2.29. The van der Waals surface area contributed by atoms with E-state index in [1.54, 1.807) is 25.1 Å². The standard InChI is InChI=1S/C15H20Cl2N2O2/c1-9(19(2)8-13(20)10-6-7-10)15(21)18-12-5-3-4-11(16)14(12)17/h3-5,9-10,13,20H,6-8H2,1-2H3,(H,18,21). The zero-order chi connectivity index (χ0) is 15.6. The molecule has 2 rings (SSSR count). The van der Waals surface area contributed by atoms with E-state index in [2.05, 4.69) is 5.32 Å². The minimum absolute atomic E-state index is 0.176. The van der Waals surface area contributed by atoms with Gasteiger partial charge in [-0.2, -0.15) is 0 Å². The third-order valence-corrected chi connectivity index (χ3v) is 4.71. The first kappa shape index (κ1) is 16.6. The third-order valence-electron chi connectivity index (χ3n) is 3.89. The number of hydrogen-bond donors (Lipinski definition) is 2. The third kappa shape index (κ3) is 4.33. The topological polar surface area (TPSA) is 52.6 Å². The second-order valence-electron chi connectivity index (χ2n) is 5.61. The molecule has 0 radical (unpaired) electrons. The van der Waals surface area contributed by atoms with Gasteiger partial charge in [-0.15, -0.1) is 0 Å². The van der Waals surface area contributed by atoms with Crippen LogP contribution in [0.5, 0.6) is 0 Å². The Bertz CT molecular complexity index is 520. The Morgan fingerprint density at radius 3 is 2.76 bits per heavy atom. The molecule has 0 aliphatic heterocycles. The smallest absolute Gasteiger partial charge is 0.241 e. The molecule has 1 saturated carbocycles. The van der Waals surface area contributed by atoms with Crippen LogP contribution in [0, 0.1) is 5.92 Å². The number of likely N-dealkylation sites (N-methyl/N-ethyl adjacent to an activating group) is 1. The minimum Gasteiger partial charge on any atom is -0.392 e. The van der Waals surface area contributed by atoms with Gasteiger partial charge < -0.3 is 10.4 Å². The number of amides is 1. The van der Waals surface area contributed by atoms with Gasteiger partial charge in [0.1, 0.15) is 0 Å². The van der Waals surface area contributed by atoms with E-state index in [9.17, 15) is 9.90 Å².